The Bertz CT molecular complexity index is 261. The molecular weight excluding hydrogens is 264 g/mol. The first-order valence-corrected chi connectivity index (χ1v) is 8.71. The molecule has 1 atom stereocenters. The van der Waals surface area contributed by atoms with Gasteiger partial charge in [-0.15, -0.1) is 0 Å². The molecule has 0 amide bonds. The molecule has 124 valence electrons. The standard InChI is InChI=1S/C18H34O3/c1-2-3-4-5-6-7-8-9-10-11-12-13-14-17(19)15-16-18(20)21/h12-13,17,19H,2-11,14-16H2,1H3,(H,20,21)/b13-12+. The van der Waals surface area contributed by atoms with E-state index in [1.807, 2.05) is 6.08 Å². The number of aliphatic hydroxyl groups excluding tert-OH is 1. The molecule has 2 N–H and O–H groups in total. The third-order valence-corrected chi connectivity index (χ3v) is 3.74. The van der Waals surface area contributed by atoms with E-state index in [2.05, 4.69) is 13.0 Å². The van der Waals surface area contributed by atoms with E-state index in [0.29, 0.717) is 12.8 Å². The molecule has 1 unspecified atom stereocenters. The van der Waals surface area contributed by atoms with Crippen molar-refractivity contribution < 1.29 is 15.0 Å². The van der Waals surface area contributed by atoms with E-state index in [1.54, 1.807) is 0 Å². The lowest BCUT2D eigenvalue weighted by Gasteiger charge is -2.04. The van der Waals surface area contributed by atoms with Crippen molar-refractivity contribution in [1.82, 2.24) is 0 Å². The quantitative estimate of drug-likeness (QED) is 0.327. The summed E-state index contributed by atoms with van der Waals surface area (Å²) in [6.45, 7) is 2.25. The summed E-state index contributed by atoms with van der Waals surface area (Å²) in [7, 11) is 0. The topological polar surface area (TPSA) is 57.5 Å². The lowest BCUT2D eigenvalue weighted by atomic mass is 10.1. The lowest BCUT2D eigenvalue weighted by molar-refractivity contribution is -0.137. The molecule has 0 rings (SSSR count). The van der Waals surface area contributed by atoms with Crippen molar-refractivity contribution >= 4 is 5.97 Å². The van der Waals surface area contributed by atoms with Crippen LogP contribution in [0.5, 0.6) is 0 Å². The van der Waals surface area contributed by atoms with E-state index in [1.165, 1.54) is 57.8 Å². The molecule has 0 saturated heterocycles. The number of rotatable bonds is 15. The highest BCUT2D eigenvalue weighted by Crippen LogP contribution is 2.11. The number of aliphatic hydroxyl groups is 1. The summed E-state index contributed by atoms with van der Waals surface area (Å²) in [6, 6.07) is 0. The number of carboxylic acids is 1. The van der Waals surface area contributed by atoms with Gasteiger partial charge in [-0.1, -0.05) is 70.4 Å². The number of allylic oxidation sites excluding steroid dienone is 1. The normalized spacial score (nSPS) is 12.9. The molecule has 0 aliphatic rings. The maximum absolute atomic E-state index is 10.3. The van der Waals surface area contributed by atoms with Crippen molar-refractivity contribution in [2.75, 3.05) is 0 Å². The first-order chi connectivity index (χ1) is 10.2. The molecule has 0 aromatic carbocycles. The van der Waals surface area contributed by atoms with E-state index in [9.17, 15) is 9.90 Å². The minimum absolute atomic E-state index is 0.0489. The fourth-order valence-electron chi connectivity index (χ4n) is 2.35. The van der Waals surface area contributed by atoms with Gasteiger partial charge in [0.15, 0.2) is 0 Å². The highest BCUT2D eigenvalue weighted by atomic mass is 16.4. The van der Waals surface area contributed by atoms with Crippen LogP contribution in [0.4, 0.5) is 0 Å². The first kappa shape index (κ1) is 20.2. The number of carboxylic acid groups (broad SMARTS) is 1. The van der Waals surface area contributed by atoms with Gasteiger partial charge in [-0.05, 0) is 25.7 Å². The second kappa shape index (κ2) is 15.6. The van der Waals surface area contributed by atoms with Gasteiger partial charge in [0.05, 0.1) is 6.10 Å². The highest BCUT2D eigenvalue weighted by Gasteiger charge is 2.04. The van der Waals surface area contributed by atoms with E-state index in [4.69, 9.17) is 5.11 Å². The largest absolute Gasteiger partial charge is 0.481 e. The number of hydrogen-bond donors (Lipinski definition) is 2. The molecule has 0 aliphatic carbocycles. The van der Waals surface area contributed by atoms with Gasteiger partial charge in [-0.2, -0.15) is 0 Å². The monoisotopic (exact) mass is 298 g/mol. The van der Waals surface area contributed by atoms with Gasteiger partial charge in [-0.25, -0.2) is 0 Å². The Balaban J connectivity index is 3.23. The Labute approximate surface area is 130 Å². The molecule has 0 aliphatic heterocycles. The van der Waals surface area contributed by atoms with Crippen LogP contribution >= 0.6 is 0 Å². The molecule has 0 spiro atoms. The maximum Gasteiger partial charge on any atom is 0.303 e. The summed E-state index contributed by atoms with van der Waals surface area (Å²) >= 11 is 0. The van der Waals surface area contributed by atoms with E-state index in [0.717, 1.165) is 6.42 Å². The van der Waals surface area contributed by atoms with Gasteiger partial charge in [0.25, 0.3) is 0 Å². The Hall–Kier alpha value is -0.830. The lowest BCUT2D eigenvalue weighted by Crippen LogP contribution is -2.07. The van der Waals surface area contributed by atoms with Crippen molar-refractivity contribution in [1.29, 1.82) is 0 Å². The van der Waals surface area contributed by atoms with Crippen molar-refractivity contribution in [3.63, 3.8) is 0 Å². The second-order valence-electron chi connectivity index (χ2n) is 5.91. The van der Waals surface area contributed by atoms with E-state index >= 15 is 0 Å². The Kier molecular flexibility index (Phi) is 14.9. The smallest absolute Gasteiger partial charge is 0.303 e. The van der Waals surface area contributed by atoms with Crippen LogP contribution in [0.3, 0.4) is 0 Å². The van der Waals surface area contributed by atoms with Gasteiger partial charge in [-0.3, -0.25) is 4.79 Å². The minimum Gasteiger partial charge on any atom is -0.481 e. The van der Waals surface area contributed by atoms with Crippen molar-refractivity contribution in [3.05, 3.63) is 12.2 Å². The van der Waals surface area contributed by atoms with Crippen LogP contribution in [0.2, 0.25) is 0 Å². The van der Waals surface area contributed by atoms with Gasteiger partial charge in [0.1, 0.15) is 0 Å². The summed E-state index contributed by atoms with van der Waals surface area (Å²) in [4.78, 5) is 10.3. The van der Waals surface area contributed by atoms with Crippen molar-refractivity contribution in [3.8, 4) is 0 Å². The average molecular weight is 298 g/mol. The summed E-state index contributed by atoms with van der Waals surface area (Å²) in [5.41, 5.74) is 0. The van der Waals surface area contributed by atoms with E-state index in [-0.39, 0.29) is 6.42 Å². The second-order valence-corrected chi connectivity index (χ2v) is 5.91. The third-order valence-electron chi connectivity index (χ3n) is 3.74. The van der Waals surface area contributed by atoms with E-state index < -0.39 is 12.1 Å². The number of carbonyl (C=O) groups is 1. The summed E-state index contributed by atoms with van der Waals surface area (Å²) < 4.78 is 0. The Morgan fingerprint density at radius 2 is 1.52 bits per heavy atom. The fraction of sp³-hybridized carbons (Fsp3) is 0.833. The number of hydrogen-bond acceptors (Lipinski definition) is 2. The zero-order valence-electron chi connectivity index (χ0n) is 13.7. The molecule has 0 bridgehead atoms. The molecule has 0 radical (unpaired) electrons. The molecule has 0 heterocycles. The van der Waals surface area contributed by atoms with Crippen LogP contribution in [0.25, 0.3) is 0 Å². The zero-order valence-corrected chi connectivity index (χ0v) is 13.7. The molecule has 21 heavy (non-hydrogen) atoms. The van der Waals surface area contributed by atoms with Crippen molar-refractivity contribution in [2.45, 2.75) is 96.5 Å². The van der Waals surface area contributed by atoms with Gasteiger partial charge in [0, 0.05) is 6.42 Å². The highest BCUT2D eigenvalue weighted by molar-refractivity contribution is 5.66. The molecule has 0 saturated carbocycles. The molecule has 0 aromatic rings. The maximum atomic E-state index is 10.3. The van der Waals surface area contributed by atoms with Crippen LogP contribution in [-0.2, 0) is 4.79 Å². The average Bonchev–Trinajstić information content (AvgIpc) is 2.46. The summed E-state index contributed by atoms with van der Waals surface area (Å²) in [5, 5.41) is 18.1. The first-order valence-electron chi connectivity index (χ1n) is 8.71. The van der Waals surface area contributed by atoms with Crippen LogP contribution in [0.1, 0.15) is 90.4 Å². The fourth-order valence-corrected chi connectivity index (χ4v) is 2.35. The summed E-state index contributed by atoms with van der Waals surface area (Å²) in [6.07, 6.45) is 17.7. The third kappa shape index (κ3) is 17.1. The summed E-state index contributed by atoms with van der Waals surface area (Å²) in [5.74, 6) is -0.840. The van der Waals surface area contributed by atoms with Crippen LogP contribution < -0.4 is 0 Å². The van der Waals surface area contributed by atoms with Gasteiger partial charge in [0.2, 0.25) is 0 Å². The van der Waals surface area contributed by atoms with Crippen molar-refractivity contribution in [2.24, 2.45) is 0 Å². The van der Waals surface area contributed by atoms with Crippen LogP contribution in [0.15, 0.2) is 12.2 Å². The molecular formula is C18H34O3. The SMILES string of the molecule is CCCCCCCCCCC/C=C/CC(O)CCC(=O)O. The Morgan fingerprint density at radius 1 is 0.952 bits per heavy atom. The molecule has 3 nitrogen and oxygen atoms in total. The minimum atomic E-state index is -0.840. The van der Waals surface area contributed by atoms with Crippen LogP contribution in [-0.4, -0.2) is 22.3 Å². The Morgan fingerprint density at radius 3 is 2.10 bits per heavy atom. The molecule has 0 fully saturated rings. The van der Waals surface area contributed by atoms with Gasteiger partial charge >= 0.3 is 5.97 Å². The van der Waals surface area contributed by atoms with Gasteiger partial charge < -0.3 is 10.2 Å². The predicted octanol–water partition coefficient (Wildman–Crippen LogP) is 5.08. The zero-order chi connectivity index (χ0) is 15.8. The predicted molar refractivity (Wildman–Crippen MR) is 88.5 cm³/mol. The number of unbranched alkanes of at least 4 members (excludes halogenated alkanes) is 9. The molecule has 3 heteroatoms. The van der Waals surface area contributed by atoms with Crippen LogP contribution in [0, 0.1) is 0 Å². The number of aliphatic carboxylic acids is 1. The molecule has 0 aromatic heterocycles.